The zero-order chi connectivity index (χ0) is 33.0. The average molecular weight is 652 g/mol. The van der Waals surface area contributed by atoms with Gasteiger partial charge in [-0.3, -0.25) is 9.59 Å². The van der Waals surface area contributed by atoms with Gasteiger partial charge in [-0.15, -0.1) is 11.8 Å². The number of nitrogens with one attached hydrogen (secondary N) is 1. The van der Waals surface area contributed by atoms with Crippen LogP contribution in [-0.2, 0) is 30.3 Å². The summed E-state index contributed by atoms with van der Waals surface area (Å²) < 4.78 is 12.0. The number of benzene rings is 3. The van der Waals surface area contributed by atoms with Gasteiger partial charge in [0.15, 0.2) is 12.1 Å². The number of allylic oxidation sites excluding steroid dienone is 3. The molecule has 10 heteroatoms. The van der Waals surface area contributed by atoms with Crippen LogP contribution < -0.4 is 11.1 Å². The molecule has 2 heterocycles. The molecule has 4 N–H and O–H groups in total. The number of carbonyl (C=O) groups is 3. The van der Waals surface area contributed by atoms with Crippen molar-refractivity contribution in [1.29, 1.82) is 0 Å². The Morgan fingerprint density at radius 1 is 1.00 bits per heavy atom. The number of nitrogens with two attached hydrogens (primary N) is 1. The van der Waals surface area contributed by atoms with Gasteiger partial charge >= 0.3 is 5.97 Å². The molecular weight excluding hydrogens is 614 g/mol. The first-order valence-electron chi connectivity index (χ1n) is 15.5. The molecule has 0 spiro atoms. The van der Waals surface area contributed by atoms with Gasteiger partial charge in [0, 0.05) is 13.5 Å². The fraction of sp³-hybridized carbons (Fsp3) is 0.270. The number of hydrogen-bond donors (Lipinski definition) is 3. The molecule has 0 radical (unpaired) electrons. The van der Waals surface area contributed by atoms with E-state index in [1.54, 1.807) is 5.41 Å². The Hall–Kier alpha value is -4.48. The number of esters is 1. The number of thioether (sulfide) groups is 1. The molecule has 3 aromatic rings. The standard InChI is InChI=1S/C37H37N3O6S/c1-45-37(39-33(42)30(38)25-16-8-3-9-17-25)35(44)40-31(28(23-47-36(37)40)29(41)22-24-14-6-2-7-15-24)34(43)46-32(26-18-10-4-11-19-26)27-20-12-5-13-21-27/h2-8,10-15,17-21,23,29-32,36,41H,9,16,22,38H2,1H3,(H,39,42)/t29?,30?,31?,36-,37?/m1/s1. The number of amides is 2. The number of ether oxygens (including phenoxy) is 2. The fourth-order valence-electron chi connectivity index (χ4n) is 6.20. The minimum absolute atomic E-state index is 0.217. The Balaban J connectivity index is 1.32. The first-order valence-corrected chi connectivity index (χ1v) is 16.5. The smallest absolute Gasteiger partial charge is 0.334 e. The maximum absolute atomic E-state index is 14.4. The van der Waals surface area contributed by atoms with E-state index in [0.29, 0.717) is 18.4 Å². The molecule has 1 saturated heterocycles. The predicted molar refractivity (Wildman–Crippen MR) is 179 cm³/mol. The SMILES string of the molecule is COC1(NC(=O)C(N)C2=CCC=CC2)C(=O)N2C(C(=O)OC(c3ccccc3)c3ccccc3)C(C(O)Cc3ccccc3)=CS[C@@H]21. The first-order chi connectivity index (χ1) is 22.8. The molecule has 5 atom stereocenters. The lowest BCUT2D eigenvalue weighted by atomic mass is 9.89. The Morgan fingerprint density at radius 3 is 2.19 bits per heavy atom. The molecule has 6 rings (SSSR count). The number of carbonyl (C=O) groups excluding carboxylic acids is 3. The van der Waals surface area contributed by atoms with E-state index in [2.05, 4.69) is 5.32 Å². The summed E-state index contributed by atoms with van der Waals surface area (Å²) in [4.78, 5) is 43.2. The van der Waals surface area contributed by atoms with E-state index in [9.17, 15) is 19.5 Å². The summed E-state index contributed by atoms with van der Waals surface area (Å²) in [6.45, 7) is 0. The number of methoxy groups -OCH3 is 1. The van der Waals surface area contributed by atoms with Gasteiger partial charge in [0.2, 0.25) is 5.91 Å². The predicted octanol–water partition coefficient (Wildman–Crippen LogP) is 4.15. The van der Waals surface area contributed by atoms with Crippen molar-refractivity contribution < 1.29 is 29.0 Å². The lowest BCUT2D eigenvalue weighted by Crippen LogP contribution is -2.83. The number of rotatable bonds is 11. The first kappa shape index (κ1) is 32.5. The van der Waals surface area contributed by atoms with Gasteiger partial charge in [-0.1, -0.05) is 109 Å². The summed E-state index contributed by atoms with van der Waals surface area (Å²) in [7, 11) is 1.34. The lowest BCUT2D eigenvalue weighted by molar-refractivity contribution is -0.203. The maximum atomic E-state index is 14.4. The normalized spacial score (nSPS) is 23.1. The highest BCUT2D eigenvalue weighted by molar-refractivity contribution is 8.03. The molecule has 9 nitrogen and oxygen atoms in total. The molecule has 47 heavy (non-hydrogen) atoms. The Morgan fingerprint density at radius 2 is 1.62 bits per heavy atom. The van der Waals surface area contributed by atoms with Crippen molar-refractivity contribution in [3.63, 3.8) is 0 Å². The van der Waals surface area contributed by atoms with Crippen LogP contribution in [0.25, 0.3) is 0 Å². The van der Waals surface area contributed by atoms with Gasteiger partial charge in [-0.25, -0.2) is 4.79 Å². The van der Waals surface area contributed by atoms with Gasteiger partial charge < -0.3 is 30.5 Å². The van der Waals surface area contributed by atoms with Crippen molar-refractivity contribution in [2.24, 2.45) is 5.73 Å². The van der Waals surface area contributed by atoms with Crippen molar-refractivity contribution >= 4 is 29.5 Å². The summed E-state index contributed by atoms with van der Waals surface area (Å²) >= 11 is 1.19. The second-order valence-corrected chi connectivity index (χ2v) is 12.6. The van der Waals surface area contributed by atoms with Gasteiger partial charge in [0.25, 0.3) is 11.6 Å². The summed E-state index contributed by atoms with van der Waals surface area (Å²) in [5, 5.41) is 15.1. The highest BCUT2D eigenvalue weighted by atomic mass is 32.2. The van der Waals surface area contributed by atoms with Gasteiger partial charge in [-0.2, -0.15) is 0 Å². The Bertz CT molecular complexity index is 1660. The molecule has 1 fully saturated rings. The second-order valence-electron chi connectivity index (χ2n) is 11.7. The molecule has 2 aliphatic heterocycles. The molecular formula is C37H37N3O6S. The lowest BCUT2D eigenvalue weighted by Gasteiger charge is -2.58. The number of hydrogen-bond acceptors (Lipinski definition) is 8. The van der Waals surface area contributed by atoms with Crippen LogP contribution >= 0.6 is 11.8 Å². The van der Waals surface area contributed by atoms with Crippen molar-refractivity contribution in [2.45, 2.75) is 54.7 Å². The molecule has 3 aliphatic rings. The van der Waals surface area contributed by atoms with Crippen LogP contribution in [0.2, 0.25) is 0 Å². The minimum atomic E-state index is -1.77. The summed E-state index contributed by atoms with van der Waals surface area (Å²) in [5.41, 5.74) is 7.96. The van der Waals surface area contributed by atoms with Crippen LogP contribution in [-0.4, -0.2) is 64.2 Å². The zero-order valence-corrected chi connectivity index (χ0v) is 26.7. The quantitative estimate of drug-likeness (QED) is 0.122. The number of aliphatic hydroxyl groups excluding tert-OH is 1. The number of β-lactam (4-membered cyclic amide) rings is 1. The second kappa shape index (κ2) is 14.1. The molecule has 2 amide bonds. The van der Waals surface area contributed by atoms with E-state index >= 15 is 0 Å². The van der Waals surface area contributed by atoms with Gasteiger partial charge in [0.05, 0.1) is 6.10 Å². The Labute approximate surface area is 278 Å². The average Bonchev–Trinajstić information content (AvgIpc) is 3.13. The van der Waals surface area contributed by atoms with Crippen LogP contribution in [0.3, 0.4) is 0 Å². The molecule has 0 aromatic heterocycles. The molecule has 4 unspecified atom stereocenters. The monoisotopic (exact) mass is 651 g/mol. The van der Waals surface area contributed by atoms with E-state index in [-0.39, 0.29) is 6.42 Å². The van der Waals surface area contributed by atoms with Crippen LogP contribution in [0.5, 0.6) is 0 Å². The van der Waals surface area contributed by atoms with Crippen molar-refractivity contribution in [3.05, 3.63) is 142 Å². The summed E-state index contributed by atoms with van der Waals surface area (Å²) in [5.74, 6) is -1.91. The molecule has 0 bridgehead atoms. The number of nitrogens with zero attached hydrogens (tertiary/aromatic N) is 1. The Kier molecular flexibility index (Phi) is 9.74. The van der Waals surface area contributed by atoms with Crippen molar-refractivity contribution in [3.8, 4) is 0 Å². The number of aliphatic hydroxyl groups is 1. The molecule has 3 aromatic carbocycles. The fourth-order valence-corrected chi connectivity index (χ4v) is 7.57. The maximum Gasteiger partial charge on any atom is 0.334 e. The van der Waals surface area contributed by atoms with E-state index < -0.39 is 53.2 Å². The highest BCUT2D eigenvalue weighted by Gasteiger charge is 2.68. The topological polar surface area (TPSA) is 131 Å². The molecule has 242 valence electrons. The van der Waals surface area contributed by atoms with Crippen LogP contribution in [0.1, 0.15) is 35.6 Å². The number of fused-ring (bicyclic) bond motifs is 1. The third-order valence-corrected chi connectivity index (χ3v) is 9.97. The van der Waals surface area contributed by atoms with E-state index in [1.807, 2.05) is 109 Å². The van der Waals surface area contributed by atoms with Crippen LogP contribution in [0, 0.1) is 0 Å². The highest BCUT2D eigenvalue weighted by Crippen LogP contribution is 2.48. The summed E-state index contributed by atoms with van der Waals surface area (Å²) in [6.07, 6.45) is 5.39. The van der Waals surface area contributed by atoms with E-state index in [4.69, 9.17) is 15.2 Å². The largest absolute Gasteiger partial charge is 0.451 e. The van der Waals surface area contributed by atoms with Crippen LogP contribution in [0.4, 0.5) is 0 Å². The summed E-state index contributed by atoms with van der Waals surface area (Å²) in [6, 6.07) is 25.8. The minimum Gasteiger partial charge on any atom is -0.451 e. The third kappa shape index (κ3) is 6.42. The van der Waals surface area contributed by atoms with Crippen molar-refractivity contribution in [2.75, 3.05) is 7.11 Å². The van der Waals surface area contributed by atoms with Crippen LogP contribution in [0.15, 0.2) is 126 Å². The van der Waals surface area contributed by atoms with Gasteiger partial charge in [0.1, 0.15) is 11.4 Å². The molecule has 0 saturated carbocycles. The third-order valence-electron chi connectivity index (χ3n) is 8.75. The van der Waals surface area contributed by atoms with Gasteiger partial charge in [-0.05, 0) is 46.1 Å². The molecule has 1 aliphatic carbocycles. The van der Waals surface area contributed by atoms with E-state index in [0.717, 1.165) is 22.3 Å². The zero-order valence-electron chi connectivity index (χ0n) is 25.9. The van der Waals surface area contributed by atoms with Crippen molar-refractivity contribution in [1.82, 2.24) is 10.2 Å². The van der Waals surface area contributed by atoms with E-state index in [1.165, 1.54) is 23.8 Å².